The van der Waals surface area contributed by atoms with Gasteiger partial charge in [-0.3, -0.25) is 9.67 Å². The Morgan fingerprint density at radius 1 is 1.24 bits per heavy atom. The molecule has 0 atom stereocenters. The molecule has 0 unspecified atom stereocenters. The van der Waals surface area contributed by atoms with Gasteiger partial charge in [0.1, 0.15) is 0 Å². The molecule has 116 valence electrons. The molecule has 2 heterocycles. The number of rotatable bonds is 2. The van der Waals surface area contributed by atoms with Crippen LogP contribution in [0.1, 0.15) is 49.1 Å². The van der Waals surface area contributed by atoms with Crippen LogP contribution in [0.2, 0.25) is 0 Å². The van der Waals surface area contributed by atoms with Gasteiger partial charge in [-0.25, -0.2) is 0 Å². The molecular formula is C16H26N4S. The van der Waals surface area contributed by atoms with E-state index in [1.807, 2.05) is 23.5 Å². The third-order valence-corrected chi connectivity index (χ3v) is 6.37. The molecule has 1 spiro atoms. The highest BCUT2D eigenvalue weighted by Crippen LogP contribution is 2.41. The van der Waals surface area contributed by atoms with Gasteiger partial charge in [0.2, 0.25) is 0 Å². The van der Waals surface area contributed by atoms with Crippen LogP contribution in [-0.2, 0) is 13.6 Å². The molecule has 0 aromatic carbocycles. The third-order valence-electron chi connectivity index (χ3n) is 5.06. The minimum Gasteiger partial charge on any atom is -0.361 e. The lowest BCUT2D eigenvalue weighted by Gasteiger charge is -2.38. The van der Waals surface area contributed by atoms with E-state index in [1.54, 1.807) is 0 Å². The highest BCUT2D eigenvalue weighted by atomic mass is 32.2. The molecule has 5 heteroatoms. The number of amidine groups is 1. The molecule has 1 aliphatic heterocycles. The monoisotopic (exact) mass is 306 g/mol. The summed E-state index contributed by atoms with van der Waals surface area (Å²) < 4.78 is 1.96. The van der Waals surface area contributed by atoms with Crippen molar-refractivity contribution < 1.29 is 0 Å². The molecule has 0 amide bonds. The zero-order valence-electron chi connectivity index (χ0n) is 13.4. The molecule has 1 fully saturated rings. The van der Waals surface area contributed by atoms with E-state index in [1.165, 1.54) is 49.1 Å². The van der Waals surface area contributed by atoms with Crippen LogP contribution in [0.3, 0.4) is 0 Å². The lowest BCUT2D eigenvalue weighted by molar-refractivity contribution is 0.232. The van der Waals surface area contributed by atoms with Crippen molar-refractivity contribution in [1.29, 1.82) is 0 Å². The van der Waals surface area contributed by atoms with Gasteiger partial charge < -0.3 is 5.32 Å². The first-order chi connectivity index (χ1) is 10.1. The van der Waals surface area contributed by atoms with Gasteiger partial charge >= 0.3 is 0 Å². The maximum absolute atomic E-state index is 4.83. The highest BCUT2D eigenvalue weighted by Gasteiger charge is 2.34. The topological polar surface area (TPSA) is 42.2 Å². The summed E-state index contributed by atoms with van der Waals surface area (Å²) in [5.41, 5.74) is 4.17. The molecule has 1 aromatic rings. The second-order valence-corrected chi connectivity index (χ2v) is 7.56. The number of aromatic nitrogens is 2. The molecule has 4 nitrogen and oxygen atoms in total. The first kappa shape index (κ1) is 14.9. The summed E-state index contributed by atoms with van der Waals surface area (Å²) >= 11 is 1.92. The molecule has 0 bridgehead atoms. The van der Waals surface area contributed by atoms with Crippen molar-refractivity contribution in [2.75, 3.05) is 12.3 Å². The van der Waals surface area contributed by atoms with Crippen molar-refractivity contribution >= 4 is 16.9 Å². The fourth-order valence-electron chi connectivity index (χ4n) is 3.50. The average Bonchev–Trinajstić information content (AvgIpc) is 2.73. The Morgan fingerprint density at radius 2 is 2.00 bits per heavy atom. The Morgan fingerprint density at radius 3 is 2.57 bits per heavy atom. The molecule has 0 saturated heterocycles. The normalized spacial score (nSPS) is 21.4. The first-order valence-corrected chi connectivity index (χ1v) is 8.98. The summed E-state index contributed by atoms with van der Waals surface area (Å²) in [6.07, 6.45) is 6.95. The Balaban J connectivity index is 1.59. The summed E-state index contributed by atoms with van der Waals surface area (Å²) in [5.74, 6) is 1.24. The van der Waals surface area contributed by atoms with Crippen molar-refractivity contribution in [3.8, 4) is 0 Å². The zero-order valence-corrected chi connectivity index (χ0v) is 14.2. The van der Waals surface area contributed by atoms with Crippen molar-refractivity contribution in [1.82, 2.24) is 15.1 Å². The number of aryl methyl sites for hydroxylation is 2. The third kappa shape index (κ3) is 3.12. The Kier molecular flexibility index (Phi) is 4.29. The van der Waals surface area contributed by atoms with Gasteiger partial charge in [0.25, 0.3) is 0 Å². The van der Waals surface area contributed by atoms with Crippen LogP contribution >= 0.6 is 11.8 Å². The van der Waals surface area contributed by atoms with Crippen LogP contribution in [0.5, 0.6) is 0 Å². The largest absolute Gasteiger partial charge is 0.361 e. The molecule has 21 heavy (non-hydrogen) atoms. The second-order valence-electron chi connectivity index (χ2n) is 6.60. The van der Waals surface area contributed by atoms with Gasteiger partial charge in [0.05, 0.1) is 5.69 Å². The fraction of sp³-hybridized carbons (Fsp3) is 0.750. The summed E-state index contributed by atoms with van der Waals surface area (Å²) in [7, 11) is 2.01. The molecule has 1 saturated carbocycles. The molecule has 2 aliphatic rings. The molecule has 1 aliphatic carbocycles. The van der Waals surface area contributed by atoms with E-state index < -0.39 is 0 Å². The Hall–Kier alpha value is -0.970. The molecule has 0 radical (unpaired) electrons. The first-order valence-electron chi connectivity index (χ1n) is 8.00. The number of thioether (sulfide) groups is 1. The summed E-state index contributed by atoms with van der Waals surface area (Å²) in [4.78, 5) is 4.83. The van der Waals surface area contributed by atoms with Crippen LogP contribution in [0.15, 0.2) is 4.99 Å². The van der Waals surface area contributed by atoms with Crippen molar-refractivity contribution in [3.05, 3.63) is 17.0 Å². The van der Waals surface area contributed by atoms with Gasteiger partial charge in [0, 0.05) is 37.1 Å². The zero-order chi connectivity index (χ0) is 14.9. The summed E-state index contributed by atoms with van der Waals surface area (Å²) in [5, 5.41) is 9.11. The number of aliphatic imine (C=N–C) groups is 1. The van der Waals surface area contributed by atoms with Crippen LogP contribution in [0.4, 0.5) is 0 Å². The Bertz CT molecular complexity index is 541. The quantitative estimate of drug-likeness (QED) is 0.912. The van der Waals surface area contributed by atoms with E-state index in [0.717, 1.165) is 24.0 Å². The van der Waals surface area contributed by atoms with Crippen molar-refractivity contribution in [2.45, 2.75) is 52.5 Å². The van der Waals surface area contributed by atoms with E-state index in [2.05, 4.69) is 24.3 Å². The van der Waals surface area contributed by atoms with Gasteiger partial charge in [-0.1, -0.05) is 31.0 Å². The maximum Gasteiger partial charge on any atom is 0.156 e. The van der Waals surface area contributed by atoms with Crippen LogP contribution < -0.4 is 5.32 Å². The lowest BCUT2D eigenvalue weighted by atomic mass is 9.75. The van der Waals surface area contributed by atoms with Crippen molar-refractivity contribution in [2.24, 2.45) is 17.5 Å². The van der Waals surface area contributed by atoms with Crippen LogP contribution in [0.25, 0.3) is 0 Å². The number of hydrogen-bond acceptors (Lipinski definition) is 4. The van der Waals surface area contributed by atoms with Crippen molar-refractivity contribution in [3.63, 3.8) is 0 Å². The fourth-order valence-corrected chi connectivity index (χ4v) is 4.65. The van der Waals surface area contributed by atoms with Crippen LogP contribution in [0, 0.1) is 19.3 Å². The van der Waals surface area contributed by atoms with Gasteiger partial charge in [-0.2, -0.15) is 5.10 Å². The second kappa shape index (κ2) is 6.03. The predicted octanol–water partition coefficient (Wildman–Crippen LogP) is 3.18. The standard InChI is InChI=1S/C16H26N4S/c1-12-14(13(2)20(3)19-12)9-17-15-18-10-16(11-21-15)7-5-4-6-8-16/h4-11H2,1-3H3,(H,17,18). The lowest BCUT2D eigenvalue weighted by Crippen LogP contribution is -2.36. The maximum atomic E-state index is 4.83. The summed E-state index contributed by atoms with van der Waals surface area (Å²) in [6, 6.07) is 0. The molecule has 3 rings (SSSR count). The summed E-state index contributed by atoms with van der Waals surface area (Å²) in [6.45, 7) is 6.07. The number of nitrogens with one attached hydrogen (secondary N) is 1. The smallest absolute Gasteiger partial charge is 0.156 e. The average molecular weight is 306 g/mol. The van der Waals surface area contributed by atoms with E-state index in [-0.39, 0.29) is 0 Å². The van der Waals surface area contributed by atoms with E-state index >= 15 is 0 Å². The van der Waals surface area contributed by atoms with Gasteiger partial charge in [-0.15, -0.1) is 0 Å². The van der Waals surface area contributed by atoms with Gasteiger partial charge in [0.15, 0.2) is 5.17 Å². The minimum atomic E-state index is 0.508. The van der Waals surface area contributed by atoms with Crippen LogP contribution in [-0.4, -0.2) is 27.2 Å². The SMILES string of the molecule is Cc1nn(C)c(C)c1CNC1=NCC2(CCCCC2)CS1. The van der Waals surface area contributed by atoms with Gasteiger partial charge in [-0.05, 0) is 32.1 Å². The number of hydrogen-bond donors (Lipinski definition) is 1. The molecule has 1 N–H and O–H groups in total. The highest BCUT2D eigenvalue weighted by molar-refractivity contribution is 8.13. The Labute approximate surface area is 131 Å². The van der Waals surface area contributed by atoms with E-state index in [4.69, 9.17) is 4.99 Å². The van der Waals surface area contributed by atoms with E-state index in [9.17, 15) is 0 Å². The molecule has 1 aromatic heterocycles. The van der Waals surface area contributed by atoms with E-state index in [0.29, 0.717) is 5.41 Å². The number of nitrogens with zero attached hydrogens (tertiary/aromatic N) is 3. The predicted molar refractivity (Wildman–Crippen MR) is 89.8 cm³/mol. The minimum absolute atomic E-state index is 0.508. The molecular weight excluding hydrogens is 280 g/mol.